The molecule has 2 aliphatic carbocycles. The monoisotopic (exact) mass is 1550 g/mol. The van der Waals surface area contributed by atoms with Crippen molar-refractivity contribution in [2.45, 2.75) is 125 Å². The smallest absolute Gasteiger partial charge is 0.398 e. The highest BCUT2D eigenvalue weighted by Crippen LogP contribution is 2.40. The zero-order valence-corrected chi connectivity index (χ0v) is 61.0. The van der Waals surface area contributed by atoms with E-state index in [1.54, 1.807) is 36.3 Å². The number of hydrogen-bond acceptors (Lipinski definition) is 16. The summed E-state index contributed by atoms with van der Waals surface area (Å²) in [6.07, 6.45) is 15.8. The molecule has 12 aromatic rings. The van der Waals surface area contributed by atoms with Crippen molar-refractivity contribution in [2.75, 3.05) is 4.90 Å². The van der Waals surface area contributed by atoms with Crippen molar-refractivity contribution < 1.29 is 28.5 Å². The van der Waals surface area contributed by atoms with Gasteiger partial charge in [0.05, 0.1) is 40.4 Å². The predicted octanol–water partition coefficient (Wildman–Crippen LogP) is 12.7. The molecule has 546 valence electrons. The summed E-state index contributed by atoms with van der Waals surface area (Å²) in [7, 11) is 7.17. The van der Waals surface area contributed by atoms with Crippen LogP contribution in [0.4, 0.5) is 5.82 Å². The van der Waals surface area contributed by atoms with Gasteiger partial charge in [-0.05, 0) is 170 Å². The third kappa shape index (κ3) is 16.8. The molecule has 4 amide bonds. The van der Waals surface area contributed by atoms with Crippen molar-refractivity contribution in [3.8, 4) is 56.8 Å². The van der Waals surface area contributed by atoms with E-state index in [1.165, 1.54) is 12.8 Å². The molecular formula is C77H85BBr2N20O6. The molecule has 26 nitrogen and oxygen atoms in total. The first kappa shape index (κ1) is 76.3. The van der Waals surface area contributed by atoms with E-state index in [0.29, 0.717) is 49.6 Å². The number of anilines is 1. The van der Waals surface area contributed by atoms with Gasteiger partial charge in [-0.2, -0.15) is 20.4 Å². The zero-order chi connectivity index (χ0) is 71.8. The number of amides is 4. The summed E-state index contributed by atoms with van der Waals surface area (Å²) in [5.74, 6) is 2.23. The fourth-order valence-corrected chi connectivity index (χ4v) is 12.8. The van der Waals surface area contributed by atoms with Gasteiger partial charge in [0.2, 0.25) is 0 Å². The van der Waals surface area contributed by atoms with Gasteiger partial charge in [0.15, 0.2) is 11.6 Å². The minimum absolute atomic E-state index is 0. The molecule has 1 saturated heterocycles. The lowest BCUT2D eigenvalue weighted by atomic mass is 9.85. The first-order chi connectivity index (χ1) is 49.6. The number of aryl methyl sites for hydroxylation is 4. The minimum Gasteiger partial charge on any atom is -0.398 e. The van der Waals surface area contributed by atoms with E-state index in [0.717, 1.165) is 123 Å². The number of carbonyl (C=O) groups excluding carboxylic acids is 4. The molecule has 0 spiro atoms. The van der Waals surface area contributed by atoms with Crippen molar-refractivity contribution in [1.82, 2.24) is 94.6 Å². The molecule has 3 N–H and O–H groups in total. The Morgan fingerprint density at radius 2 is 0.877 bits per heavy atom. The number of benzene rings is 4. The number of pyridine rings is 2. The zero-order valence-electron chi connectivity index (χ0n) is 57.9. The Balaban J connectivity index is 0.000000130. The van der Waals surface area contributed by atoms with E-state index >= 15 is 0 Å². The van der Waals surface area contributed by atoms with E-state index < -0.39 is 0 Å². The Morgan fingerprint density at radius 3 is 1.31 bits per heavy atom. The predicted molar refractivity (Wildman–Crippen MR) is 414 cm³/mol. The molecule has 5 aliphatic heterocycles. The quantitative estimate of drug-likeness (QED) is 0.0894. The van der Waals surface area contributed by atoms with Crippen molar-refractivity contribution >= 4 is 74.0 Å². The van der Waals surface area contributed by atoms with Crippen LogP contribution in [-0.2, 0) is 63.7 Å². The average molecular weight is 1560 g/mol. The molecule has 4 aromatic carbocycles. The van der Waals surface area contributed by atoms with Gasteiger partial charge in [0.25, 0.3) is 23.6 Å². The van der Waals surface area contributed by atoms with Gasteiger partial charge in [-0.3, -0.25) is 42.8 Å². The van der Waals surface area contributed by atoms with E-state index in [-0.39, 0.29) is 64.2 Å². The molecule has 29 heteroatoms. The molecule has 0 bridgehead atoms. The van der Waals surface area contributed by atoms with Crippen LogP contribution in [0.2, 0.25) is 0 Å². The van der Waals surface area contributed by atoms with E-state index in [2.05, 4.69) is 103 Å². The number of rotatable bonds is 9. The summed E-state index contributed by atoms with van der Waals surface area (Å²) in [6.45, 7) is 10.6. The highest BCUT2D eigenvalue weighted by Gasteiger charge is 2.52. The molecule has 3 fully saturated rings. The maximum Gasteiger partial charge on any atom is 0.516 e. The van der Waals surface area contributed by atoms with Crippen molar-refractivity contribution in [2.24, 2.45) is 28.2 Å². The van der Waals surface area contributed by atoms with Crippen LogP contribution < -0.4 is 26.4 Å². The molecular weight excluding hydrogens is 1470 g/mol. The SMILES string of the molecule is Brc1cccc(-c2nncn2C2CC2)n1.C.C.C.Cn1ccc(-c2ccc3c(c2)C(=O)N(c2cccc(-c4nncn4C4CC4)n2)C3)n1.Cn1ccc(-c2ccc3c(c2)C(=O)NC3)n1.Cn1ccc(-c2ccc3c(c2)C(=O)NC3)n1.Cn1ccc(B2OC(C)(C)C(C)(C)O2)n1.O=C1NCc2ccc(Br)cc21. The molecule has 2 saturated carbocycles. The second kappa shape index (κ2) is 31.8. The third-order valence-electron chi connectivity index (χ3n) is 18.7. The summed E-state index contributed by atoms with van der Waals surface area (Å²) in [4.78, 5) is 58.2. The van der Waals surface area contributed by atoms with Gasteiger partial charge >= 0.3 is 7.12 Å². The Kier molecular flexibility index (Phi) is 22.9. The van der Waals surface area contributed by atoms with Gasteiger partial charge < -0.3 is 34.4 Å². The second-order valence-electron chi connectivity index (χ2n) is 26.8. The number of carbonyl (C=O) groups is 4. The summed E-state index contributed by atoms with van der Waals surface area (Å²) < 4.78 is 24.7. The number of halogens is 2. The largest absolute Gasteiger partial charge is 0.516 e. The van der Waals surface area contributed by atoms with Crippen LogP contribution >= 0.6 is 31.9 Å². The fraction of sp³-hybridized carbons (Fsp3) is 0.299. The van der Waals surface area contributed by atoms with Crippen LogP contribution in [0, 0.1) is 0 Å². The number of nitrogens with one attached hydrogen (secondary N) is 3. The Bertz CT molecular complexity index is 5080. The van der Waals surface area contributed by atoms with Crippen molar-refractivity contribution in [1.29, 1.82) is 0 Å². The van der Waals surface area contributed by atoms with E-state index in [4.69, 9.17) is 14.3 Å². The van der Waals surface area contributed by atoms with Gasteiger partial charge in [-0.15, -0.1) is 20.4 Å². The van der Waals surface area contributed by atoms with Crippen LogP contribution in [0.3, 0.4) is 0 Å². The second-order valence-corrected chi connectivity index (χ2v) is 28.5. The number of aromatic nitrogens is 16. The molecule has 8 aromatic heterocycles. The van der Waals surface area contributed by atoms with Crippen LogP contribution in [0.25, 0.3) is 56.8 Å². The van der Waals surface area contributed by atoms with Gasteiger partial charge in [0.1, 0.15) is 34.5 Å². The average Bonchev–Trinajstić information content (AvgIpc) is 1.62. The van der Waals surface area contributed by atoms with Crippen LogP contribution in [0.15, 0.2) is 180 Å². The maximum atomic E-state index is 13.2. The Morgan fingerprint density at radius 1 is 0.462 bits per heavy atom. The lowest BCUT2D eigenvalue weighted by Crippen LogP contribution is -2.41. The Hall–Kier alpha value is -10.9. The summed E-state index contributed by atoms with van der Waals surface area (Å²) >= 11 is 6.67. The summed E-state index contributed by atoms with van der Waals surface area (Å²) in [6, 6.07) is 43.8. The standard InChI is InChI=1S/C22H19N7O.2C12H11N3O.C10H17BN2O2.C10H9BrN4.C8H6BrNO.3CH4/c1-27-10-9-18(26-27)14-5-6-15-12-28(22(30)17(15)11-14)20-4-2-3-19(24-20)21-25-23-13-29(21)16-7-8-16;2*1-15-5-4-11(14-15)8-2-3-9-7-13-12(16)10(9)6-8;1-9(2)10(3,4)15-11(14-9)8-6-7-13(5)12-8;11-9-3-1-2-8(13-9)10-14-12-6-15(10)7-4-5-7;9-6-2-1-5-4-10-8(11)7(5)3-6;;;/h2-6,9-11,13,16H,7-8,12H2,1H3;2*2-6H,7H2,1H3,(H,13,16);6-7H,1-5H3;1-3,6-7H,4-5H2;1-3H,4H2,(H,10,11);3*1H4. The highest BCUT2D eigenvalue weighted by molar-refractivity contribution is 9.10. The maximum absolute atomic E-state index is 13.2. The van der Waals surface area contributed by atoms with Gasteiger partial charge in [-0.1, -0.05) is 92.8 Å². The number of hydrogen-bond donors (Lipinski definition) is 3. The number of fused-ring (bicyclic) bond motifs is 4. The van der Waals surface area contributed by atoms with Crippen LogP contribution in [0.1, 0.15) is 151 Å². The molecule has 106 heavy (non-hydrogen) atoms. The molecule has 19 rings (SSSR count). The van der Waals surface area contributed by atoms with E-state index in [9.17, 15) is 19.2 Å². The van der Waals surface area contributed by atoms with Gasteiger partial charge in [0, 0.05) is 128 Å². The van der Waals surface area contributed by atoms with Crippen molar-refractivity contribution in [3.05, 3.63) is 224 Å². The highest BCUT2D eigenvalue weighted by atomic mass is 79.9. The molecule has 0 unspecified atom stereocenters. The minimum atomic E-state index is -0.351. The summed E-state index contributed by atoms with van der Waals surface area (Å²) in [5, 5.41) is 42.1. The van der Waals surface area contributed by atoms with Crippen LogP contribution in [0.5, 0.6) is 0 Å². The third-order valence-corrected chi connectivity index (χ3v) is 19.7. The van der Waals surface area contributed by atoms with E-state index in [1.807, 2.05) is 214 Å². The summed E-state index contributed by atoms with van der Waals surface area (Å²) in [5.41, 5.74) is 14.6. The molecule has 7 aliphatic rings. The number of nitrogens with zero attached hydrogens (tertiary/aromatic N) is 17. The fourth-order valence-electron chi connectivity index (χ4n) is 12.1. The van der Waals surface area contributed by atoms with Crippen molar-refractivity contribution in [3.63, 3.8) is 0 Å². The van der Waals surface area contributed by atoms with Crippen LogP contribution in [-0.4, -0.2) is 121 Å². The topological polar surface area (TPSA) is 285 Å². The molecule has 0 radical (unpaired) electrons. The first-order valence-corrected chi connectivity index (χ1v) is 35.3. The first-order valence-electron chi connectivity index (χ1n) is 33.7. The molecule has 0 atom stereocenters. The Labute approximate surface area is 632 Å². The normalized spacial score (nSPS) is 15.6. The van der Waals surface area contributed by atoms with Gasteiger partial charge in [-0.25, -0.2) is 9.97 Å². The lowest BCUT2D eigenvalue weighted by Gasteiger charge is -2.32. The molecule has 13 heterocycles. The lowest BCUT2D eigenvalue weighted by molar-refractivity contribution is 0.00578.